The molecule has 0 fully saturated rings. The third kappa shape index (κ3) is 1.86. The lowest BCUT2D eigenvalue weighted by molar-refractivity contribution is 0.0691. The molecule has 1 heterocycles. The quantitative estimate of drug-likeness (QED) is 0.613. The van der Waals surface area contributed by atoms with Crippen LogP contribution < -0.4 is 5.14 Å². The molecule has 0 unspecified atom stereocenters. The molecule has 1 aromatic heterocycles. The van der Waals surface area contributed by atoms with Crippen molar-refractivity contribution in [1.29, 1.82) is 0 Å². The molecular weight excluding hydrogens is 234 g/mol. The number of carboxylic acids is 1. The average Bonchev–Trinajstić information content (AvgIpc) is 2.45. The molecule has 14 heavy (non-hydrogen) atoms. The molecule has 4 N–H and O–H groups in total. The summed E-state index contributed by atoms with van der Waals surface area (Å²) in [4.78, 5) is 10.7. The maximum Gasteiger partial charge on any atom is 0.340 e. The second-order valence-corrected chi connectivity index (χ2v) is 4.11. The summed E-state index contributed by atoms with van der Waals surface area (Å²) in [5, 5.41) is 18.2. The summed E-state index contributed by atoms with van der Waals surface area (Å²) in [5.74, 6) is -1.64. The van der Waals surface area contributed by atoms with Crippen LogP contribution in [-0.2, 0) is 15.9 Å². The highest BCUT2D eigenvalue weighted by atomic mass is 35.5. The fourth-order valence-corrected chi connectivity index (χ4v) is 1.74. The van der Waals surface area contributed by atoms with E-state index < -0.39 is 26.6 Å². The number of aromatic amines is 1. The lowest BCUT2D eigenvalue weighted by atomic mass is 10.3. The molecule has 0 saturated heterocycles. The molecule has 0 aliphatic heterocycles. The van der Waals surface area contributed by atoms with Gasteiger partial charge in [-0.2, -0.15) is 5.10 Å². The largest absolute Gasteiger partial charge is 0.478 e. The zero-order valence-corrected chi connectivity index (χ0v) is 8.26. The lowest BCUT2D eigenvalue weighted by Crippen LogP contribution is -2.16. The molecule has 78 valence electrons. The number of carbonyl (C=O) groups is 1. The van der Waals surface area contributed by atoms with Gasteiger partial charge in [0.05, 0.1) is 11.6 Å². The zero-order chi connectivity index (χ0) is 10.9. The van der Waals surface area contributed by atoms with Gasteiger partial charge in [0.2, 0.25) is 5.03 Å². The maximum absolute atomic E-state index is 10.9. The Labute approximate surface area is 83.9 Å². The van der Waals surface area contributed by atoms with Gasteiger partial charge >= 0.3 is 5.97 Å². The van der Waals surface area contributed by atoms with Gasteiger partial charge in [-0.25, -0.2) is 18.4 Å². The van der Waals surface area contributed by atoms with Crippen molar-refractivity contribution in [1.82, 2.24) is 10.2 Å². The maximum atomic E-state index is 10.9. The zero-order valence-electron chi connectivity index (χ0n) is 6.69. The number of hydrogen-bond acceptors (Lipinski definition) is 4. The highest BCUT2D eigenvalue weighted by Gasteiger charge is 2.26. The smallest absolute Gasteiger partial charge is 0.340 e. The summed E-state index contributed by atoms with van der Waals surface area (Å²) in [6, 6.07) is 0. The van der Waals surface area contributed by atoms with Crippen LogP contribution in [0, 0.1) is 0 Å². The Morgan fingerprint density at radius 3 is 2.57 bits per heavy atom. The number of alkyl halides is 1. The molecule has 0 saturated carbocycles. The van der Waals surface area contributed by atoms with Crippen LogP contribution in [-0.4, -0.2) is 29.7 Å². The summed E-state index contributed by atoms with van der Waals surface area (Å²) < 4.78 is 21.8. The number of aromatic carboxylic acids is 1. The average molecular weight is 240 g/mol. The Morgan fingerprint density at radius 2 is 2.21 bits per heavy atom. The van der Waals surface area contributed by atoms with E-state index in [9.17, 15) is 13.2 Å². The van der Waals surface area contributed by atoms with Gasteiger partial charge in [-0.3, -0.25) is 5.10 Å². The second kappa shape index (κ2) is 3.56. The first kappa shape index (κ1) is 11.0. The molecule has 1 aromatic rings. The van der Waals surface area contributed by atoms with Crippen molar-refractivity contribution in [3.8, 4) is 0 Å². The van der Waals surface area contributed by atoms with Crippen LogP contribution in [0.3, 0.4) is 0 Å². The first-order valence-corrected chi connectivity index (χ1v) is 5.35. The van der Waals surface area contributed by atoms with E-state index in [2.05, 4.69) is 10.2 Å². The van der Waals surface area contributed by atoms with E-state index in [-0.39, 0.29) is 11.6 Å². The van der Waals surface area contributed by atoms with Crippen LogP contribution in [0.15, 0.2) is 5.03 Å². The Kier molecular flexibility index (Phi) is 2.79. The number of H-pyrrole nitrogens is 1. The highest BCUT2D eigenvalue weighted by molar-refractivity contribution is 7.89. The van der Waals surface area contributed by atoms with Crippen LogP contribution in [0.4, 0.5) is 0 Å². The topological polar surface area (TPSA) is 126 Å². The first-order chi connectivity index (χ1) is 6.38. The number of hydrogen-bond donors (Lipinski definition) is 3. The molecule has 0 aliphatic carbocycles. The van der Waals surface area contributed by atoms with E-state index in [0.717, 1.165) is 0 Å². The molecule has 7 nitrogen and oxygen atoms in total. The molecule has 0 bridgehead atoms. The minimum atomic E-state index is -4.15. The Morgan fingerprint density at radius 1 is 1.64 bits per heavy atom. The van der Waals surface area contributed by atoms with Crippen LogP contribution in [0.25, 0.3) is 0 Å². The molecule has 0 aromatic carbocycles. The summed E-state index contributed by atoms with van der Waals surface area (Å²) in [6.07, 6.45) is 0. The van der Waals surface area contributed by atoms with Gasteiger partial charge in [-0.1, -0.05) is 0 Å². The van der Waals surface area contributed by atoms with E-state index in [1.165, 1.54) is 0 Å². The molecule has 0 amide bonds. The van der Waals surface area contributed by atoms with Gasteiger partial charge < -0.3 is 5.11 Å². The van der Waals surface area contributed by atoms with Crippen LogP contribution in [0.2, 0.25) is 0 Å². The van der Waals surface area contributed by atoms with Gasteiger partial charge in [0, 0.05) is 0 Å². The summed E-state index contributed by atoms with van der Waals surface area (Å²) in [6.45, 7) is 0. The van der Waals surface area contributed by atoms with Gasteiger partial charge in [-0.15, -0.1) is 11.6 Å². The van der Waals surface area contributed by atoms with Crippen LogP contribution in [0.5, 0.6) is 0 Å². The van der Waals surface area contributed by atoms with Crippen LogP contribution >= 0.6 is 11.6 Å². The van der Waals surface area contributed by atoms with E-state index >= 15 is 0 Å². The van der Waals surface area contributed by atoms with Crippen LogP contribution in [0.1, 0.15) is 16.1 Å². The fraction of sp³-hybridized carbons (Fsp3) is 0.200. The minimum Gasteiger partial charge on any atom is -0.478 e. The predicted molar refractivity (Wildman–Crippen MR) is 46.5 cm³/mol. The third-order valence-corrected chi connectivity index (χ3v) is 2.53. The number of nitrogens with two attached hydrogens (primary N) is 1. The molecule has 0 aliphatic rings. The van der Waals surface area contributed by atoms with E-state index in [1.807, 2.05) is 0 Å². The van der Waals surface area contributed by atoms with Crippen molar-refractivity contribution in [2.45, 2.75) is 10.9 Å². The molecule has 9 heteroatoms. The van der Waals surface area contributed by atoms with E-state index in [1.54, 1.807) is 0 Å². The number of aromatic nitrogens is 2. The van der Waals surface area contributed by atoms with Crippen molar-refractivity contribution in [3.05, 3.63) is 11.3 Å². The standard InChI is InChI=1S/C5H6ClN3O4S/c6-1-2-3(5(10)11)4(9-8-2)14(7,12)13/h1H2,(H,8,9)(H,10,11)(H2,7,12,13). The number of primary sulfonamides is 1. The van der Waals surface area contributed by atoms with Crippen molar-refractivity contribution in [2.24, 2.45) is 5.14 Å². The van der Waals surface area contributed by atoms with E-state index in [0.29, 0.717) is 0 Å². The molecule has 0 radical (unpaired) electrons. The summed E-state index contributed by atoms with van der Waals surface area (Å²) in [5.41, 5.74) is -0.509. The highest BCUT2D eigenvalue weighted by Crippen LogP contribution is 2.16. The summed E-state index contributed by atoms with van der Waals surface area (Å²) in [7, 11) is -4.15. The normalized spacial score (nSPS) is 11.6. The fourth-order valence-electron chi connectivity index (χ4n) is 0.882. The monoisotopic (exact) mass is 239 g/mol. The number of rotatable bonds is 3. The van der Waals surface area contributed by atoms with Gasteiger partial charge in [0.15, 0.2) is 0 Å². The third-order valence-electron chi connectivity index (χ3n) is 1.43. The number of nitrogens with zero attached hydrogens (tertiary/aromatic N) is 1. The van der Waals surface area contributed by atoms with Gasteiger partial charge in [0.25, 0.3) is 10.0 Å². The SMILES string of the molecule is NS(=O)(=O)c1n[nH]c(CCl)c1C(=O)O. The van der Waals surface area contributed by atoms with Gasteiger partial charge in [0.1, 0.15) is 5.56 Å². The van der Waals surface area contributed by atoms with Crippen molar-refractivity contribution >= 4 is 27.6 Å². The minimum absolute atomic E-state index is 0.00296. The summed E-state index contributed by atoms with van der Waals surface area (Å²) >= 11 is 5.37. The van der Waals surface area contributed by atoms with Crippen molar-refractivity contribution in [2.75, 3.05) is 0 Å². The van der Waals surface area contributed by atoms with Crippen molar-refractivity contribution < 1.29 is 18.3 Å². The number of halogens is 1. The Hall–Kier alpha value is -1.12. The number of nitrogens with one attached hydrogen (secondary N) is 1. The Balaban J connectivity index is 3.48. The number of carboxylic acid groups (broad SMARTS) is 1. The molecular formula is C5H6ClN3O4S. The molecule has 0 atom stereocenters. The predicted octanol–water partition coefficient (Wildman–Crippen LogP) is -0.506. The first-order valence-electron chi connectivity index (χ1n) is 3.27. The lowest BCUT2D eigenvalue weighted by Gasteiger charge is -1.95. The van der Waals surface area contributed by atoms with E-state index in [4.69, 9.17) is 21.8 Å². The second-order valence-electron chi connectivity index (χ2n) is 2.37. The molecule has 1 rings (SSSR count). The molecule has 0 spiro atoms. The Bertz CT molecular complexity index is 465. The van der Waals surface area contributed by atoms with Gasteiger partial charge in [-0.05, 0) is 0 Å². The van der Waals surface area contributed by atoms with Crippen molar-refractivity contribution in [3.63, 3.8) is 0 Å². The number of sulfonamides is 1.